The van der Waals surface area contributed by atoms with E-state index in [1.54, 1.807) is 37.5 Å². The van der Waals surface area contributed by atoms with Gasteiger partial charge in [0.25, 0.3) is 0 Å². The number of esters is 1. The molecular formula is C17H15FN4O3. The number of rotatable bonds is 6. The minimum absolute atomic E-state index is 0.0224. The second-order valence-electron chi connectivity index (χ2n) is 5.04. The second-order valence-corrected chi connectivity index (χ2v) is 5.04. The maximum atomic E-state index is 13.8. The van der Waals surface area contributed by atoms with E-state index in [4.69, 9.17) is 9.15 Å². The number of ether oxygens (including phenoxy) is 1. The number of halogens is 1. The number of nitrogens with zero attached hydrogens (tertiary/aromatic N) is 3. The predicted molar refractivity (Wildman–Crippen MR) is 87.4 cm³/mol. The summed E-state index contributed by atoms with van der Waals surface area (Å²) in [5.74, 6) is -0.366. The van der Waals surface area contributed by atoms with Gasteiger partial charge in [-0.15, -0.1) is 0 Å². The van der Waals surface area contributed by atoms with E-state index in [1.807, 2.05) is 0 Å². The smallest absolute Gasteiger partial charge is 0.360 e. The molecule has 0 aliphatic heterocycles. The lowest BCUT2D eigenvalue weighted by atomic mass is 10.2. The molecule has 0 spiro atoms. The van der Waals surface area contributed by atoms with E-state index in [1.165, 1.54) is 12.1 Å². The van der Waals surface area contributed by atoms with E-state index in [0.717, 1.165) is 0 Å². The summed E-state index contributed by atoms with van der Waals surface area (Å²) < 4.78 is 24.3. The van der Waals surface area contributed by atoms with Crippen molar-refractivity contribution in [1.82, 2.24) is 15.0 Å². The van der Waals surface area contributed by atoms with Crippen LogP contribution in [0.2, 0.25) is 0 Å². The molecule has 0 aliphatic rings. The maximum Gasteiger partial charge on any atom is 0.360 e. The first kappa shape index (κ1) is 16.6. The van der Waals surface area contributed by atoms with E-state index in [0.29, 0.717) is 12.5 Å². The zero-order valence-electron chi connectivity index (χ0n) is 13.4. The lowest BCUT2D eigenvalue weighted by Gasteiger charge is -2.04. The van der Waals surface area contributed by atoms with Crippen molar-refractivity contribution >= 4 is 11.9 Å². The fourth-order valence-corrected chi connectivity index (χ4v) is 2.10. The van der Waals surface area contributed by atoms with Crippen LogP contribution in [0.25, 0.3) is 11.5 Å². The number of carbonyl (C=O) groups is 1. The zero-order valence-corrected chi connectivity index (χ0v) is 13.4. The first-order chi connectivity index (χ1) is 12.1. The largest absolute Gasteiger partial charge is 0.459 e. The summed E-state index contributed by atoms with van der Waals surface area (Å²) in [7, 11) is 0. The molecule has 2 heterocycles. The molecule has 1 aromatic carbocycles. The molecular weight excluding hydrogens is 327 g/mol. The van der Waals surface area contributed by atoms with E-state index in [9.17, 15) is 9.18 Å². The fraction of sp³-hybridized carbons (Fsp3) is 0.176. The molecule has 7 nitrogen and oxygen atoms in total. The zero-order chi connectivity index (χ0) is 17.6. The average molecular weight is 342 g/mol. The average Bonchev–Trinajstić information content (AvgIpc) is 3.01. The maximum absolute atomic E-state index is 13.8. The topological polar surface area (TPSA) is 90.1 Å². The van der Waals surface area contributed by atoms with Gasteiger partial charge in [0.1, 0.15) is 18.2 Å². The Morgan fingerprint density at radius 1 is 1.24 bits per heavy atom. The molecule has 0 unspecified atom stereocenters. The monoisotopic (exact) mass is 342 g/mol. The van der Waals surface area contributed by atoms with E-state index in [2.05, 4.69) is 20.3 Å². The third kappa shape index (κ3) is 3.97. The van der Waals surface area contributed by atoms with Crippen LogP contribution in [0.4, 0.5) is 10.3 Å². The highest BCUT2D eigenvalue weighted by molar-refractivity contribution is 5.88. The van der Waals surface area contributed by atoms with E-state index in [-0.39, 0.29) is 29.5 Å². The van der Waals surface area contributed by atoms with Gasteiger partial charge in [0.2, 0.25) is 11.8 Å². The van der Waals surface area contributed by atoms with Crippen molar-refractivity contribution in [2.24, 2.45) is 0 Å². The Morgan fingerprint density at radius 2 is 2.00 bits per heavy atom. The van der Waals surface area contributed by atoms with Crippen LogP contribution in [0.15, 0.2) is 47.1 Å². The minimum atomic E-state index is -0.639. The summed E-state index contributed by atoms with van der Waals surface area (Å²) in [6, 6.07) is 7.75. The molecule has 0 fully saturated rings. The van der Waals surface area contributed by atoms with Crippen LogP contribution in [0.5, 0.6) is 0 Å². The van der Waals surface area contributed by atoms with Crippen LogP contribution in [0.1, 0.15) is 16.2 Å². The van der Waals surface area contributed by atoms with Crippen molar-refractivity contribution in [2.75, 3.05) is 18.5 Å². The standard InChI is InChI=1S/C17H15FN4O3/c1-11-14(22-15(25-11)12-5-2-3-6-13(12)18)16(23)24-10-9-21-17-19-7-4-8-20-17/h2-8H,9-10H2,1H3,(H,19,20,21). The molecule has 3 aromatic rings. The van der Waals surface area contributed by atoms with Crippen LogP contribution < -0.4 is 5.32 Å². The van der Waals surface area contributed by atoms with Crippen molar-refractivity contribution in [2.45, 2.75) is 6.92 Å². The fourth-order valence-electron chi connectivity index (χ4n) is 2.10. The van der Waals surface area contributed by atoms with Gasteiger partial charge in [-0.25, -0.2) is 24.1 Å². The minimum Gasteiger partial charge on any atom is -0.459 e. The van der Waals surface area contributed by atoms with Gasteiger partial charge < -0.3 is 14.5 Å². The molecule has 128 valence electrons. The number of nitrogens with one attached hydrogen (secondary N) is 1. The second kappa shape index (κ2) is 7.52. The van der Waals surface area contributed by atoms with Gasteiger partial charge in [0.05, 0.1) is 12.1 Å². The number of hydrogen-bond acceptors (Lipinski definition) is 7. The van der Waals surface area contributed by atoms with Gasteiger partial charge in [0, 0.05) is 12.4 Å². The summed E-state index contributed by atoms with van der Waals surface area (Å²) in [5.41, 5.74) is 0.210. The van der Waals surface area contributed by atoms with Gasteiger partial charge in [-0.3, -0.25) is 0 Å². The Hall–Kier alpha value is -3.29. The molecule has 0 saturated carbocycles. The summed E-state index contributed by atoms with van der Waals surface area (Å²) in [4.78, 5) is 24.1. The number of hydrogen-bond donors (Lipinski definition) is 1. The molecule has 0 aliphatic carbocycles. The Labute approximate surface area is 142 Å². The van der Waals surface area contributed by atoms with E-state index >= 15 is 0 Å². The molecule has 25 heavy (non-hydrogen) atoms. The van der Waals surface area contributed by atoms with Crippen molar-refractivity contribution in [3.8, 4) is 11.5 Å². The summed E-state index contributed by atoms with van der Waals surface area (Å²) in [6.07, 6.45) is 3.20. The Balaban J connectivity index is 1.60. The van der Waals surface area contributed by atoms with Gasteiger partial charge >= 0.3 is 5.97 Å². The molecule has 0 saturated heterocycles. The molecule has 8 heteroatoms. The Bertz CT molecular complexity index is 867. The van der Waals surface area contributed by atoms with Crippen LogP contribution in [-0.4, -0.2) is 34.1 Å². The molecule has 3 rings (SSSR count). The Morgan fingerprint density at radius 3 is 2.76 bits per heavy atom. The molecule has 0 atom stereocenters. The van der Waals surface area contributed by atoms with E-state index < -0.39 is 11.8 Å². The van der Waals surface area contributed by atoms with Gasteiger partial charge in [0.15, 0.2) is 5.69 Å². The van der Waals surface area contributed by atoms with Crippen LogP contribution in [0.3, 0.4) is 0 Å². The number of aromatic nitrogens is 3. The summed E-state index contributed by atoms with van der Waals surface area (Å²) >= 11 is 0. The normalized spacial score (nSPS) is 10.5. The van der Waals surface area contributed by atoms with Crippen molar-refractivity contribution in [3.05, 3.63) is 60.0 Å². The van der Waals surface area contributed by atoms with Gasteiger partial charge in [-0.1, -0.05) is 12.1 Å². The third-order valence-corrected chi connectivity index (χ3v) is 3.28. The molecule has 0 bridgehead atoms. The molecule has 0 radical (unpaired) electrons. The van der Waals surface area contributed by atoms with Crippen LogP contribution in [0, 0.1) is 12.7 Å². The third-order valence-electron chi connectivity index (χ3n) is 3.28. The number of aryl methyl sites for hydroxylation is 1. The summed E-state index contributed by atoms with van der Waals surface area (Å²) in [5, 5.41) is 2.91. The molecule has 0 amide bonds. The molecule has 2 aromatic heterocycles. The highest BCUT2D eigenvalue weighted by Crippen LogP contribution is 2.24. The highest BCUT2D eigenvalue weighted by atomic mass is 19.1. The lowest BCUT2D eigenvalue weighted by molar-refractivity contribution is 0.0512. The van der Waals surface area contributed by atoms with Crippen LogP contribution in [-0.2, 0) is 4.74 Å². The van der Waals surface area contributed by atoms with Crippen molar-refractivity contribution < 1.29 is 18.3 Å². The SMILES string of the molecule is Cc1oc(-c2ccccc2F)nc1C(=O)OCCNc1ncccn1. The van der Waals surface area contributed by atoms with Gasteiger partial charge in [-0.05, 0) is 25.1 Å². The van der Waals surface area contributed by atoms with Crippen LogP contribution >= 0.6 is 0 Å². The highest BCUT2D eigenvalue weighted by Gasteiger charge is 2.20. The number of anilines is 1. The first-order valence-corrected chi connectivity index (χ1v) is 7.55. The summed E-state index contributed by atoms with van der Waals surface area (Å²) in [6.45, 7) is 2.01. The first-order valence-electron chi connectivity index (χ1n) is 7.55. The van der Waals surface area contributed by atoms with Gasteiger partial charge in [-0.2, -0.15) is 0 Å². The van der Waals surface area contributed by atoms with Crippen molar-refractivity contribution in [3.63, 3.8) is 0 Å². The lowest BCUT2D eigenvalue weighted by Crippen LogP contribution is -2.15. The van der Waals surface area contributed by atoms with Crippen molar-refractivity contribution in [1.29, 1.82) is 0 Å². The predicted octanol–water partition coefficient (Wildman–Crippen LogP) is 2.85. The Kier molecular flexibility index (Phi) is 4.98. The number of carbonyl (C=O) groups excluding carboxylic acids is 1. The molecule has 1 N–H and O–H groups in total. The quantitative estimate of drug-likeness (QED) is 0.544. The number of oxazole rings is 1. The number of benzene rings is 1.